The van der Waals surface area contributed by atoms with Gasteiger partial charge < -0.3 is 5.11 Å². The number of nitriles is 1. The van der Waals surface area contributed by atoms with Gasteiger partial charge in [-0.3, -0.25) is 4.31 Å². The summed E-state index contributed by atoms with van der Waals surface area (Å²) in [5, 5.41) is 18.4. The zero-order chi connectivity index (χ0) is 16.2. The first-order chi connectivity index (χ1) is 10.4. The Bertz CT molecular complexity index is 763. The van der Waals surface area contributed by atoms with E-state index in [2.05, 4.69) is 0 Å². The van der Waals surface area contributed by atoms with Crippen LogP contribution < -0.4 is 4.31 Å². The third kappa shape index (κ3) is 3.45. The van der Waals surface area contributed by atoms with E-state index in [0.29, 0.717) is 11.3 Å². The van der Waals surface area contributed by atoms with Crippen LogP contribution in [-0.2, 0) is 10.0 Å². The molecule has 1 atom stereocenters. The van der Waals surface area contributed by atoms with Crippen molar-refractivity contribution in [3.05, 3.63) is 60.2 Å². The van der Waals surface area contributed by atoms with Crippen molar-refractivity contribution < 1.29 is 13.5 Å². The van der Waals surface area contributed by atoms with Crippen molar-refractivity contribution in [1.29, 1.82) is 5.26 Å². The largest absolute Gasteiger partial charge is 0.392 e. The summed E-state index contributed by atoms with van der Waals surface area (Å²) in [5.74, 6) is 0. The first-order valence-electron chi connectivity index (χ1n) is 6.71. The standard InChI is InChI=1S/C16H16N2O3S/c1-13(19)12-18(15-5-3-2-4-6-15)22(20,21)16-9-7-14(11-17)8-10-16/h2-10,13,19H,12H2,1H3/t13-/m1/s1. The highest BCUT2D eigenvalue weighted by Crippen LogP contribution is 2.24. The lowest BCUT2D eigenvalue weighted by Gasteiger charge is -2.25. The van der Waals surface area contributed by atoms with Gasteiger partial charge in [0.25, 0.3) is 10.0 Å². The summed E-state index contributed by atoms with van der Waals surface area (Å²) in [6.45, 7) is 1.48. The van der Waals surface area contributed by atoms with Crippen molar-refractivity contribution >= 4 is 15.7 Å². The number of sulfonamides is 1. The number of hydrogen-bond donors (Lipinski definition) is 1. The molecule has 0 fully saturated rings. The maximum Gasteiger partial charge on any atom is 0.264 e. The highest BCUT2D eigenvalue weighted by Gasteiger charge is 2.25. The lowest BCUT2D eigenvalue weighted by atomic mass is 10.2. The second-order valence-corrected chi connectivity index (χ2v) is 6.72. The topological polar surface area (TPSA) is 81.4 Å². The second-order valence-electron chi connectivity index (χ2n) is 4.86. The van der Waals surface area contributed by atoms with Crippen molar-refractivity contribution in [2.24, 2.45) is 0 Å². The molecule has 1 N–H and O–H groups in total. The molecule has 2 rings (SSSR count). The minimum atomic E-state index is -3.81. The Kier molecular flexibility index (Phi) is 4.81. The van der Waals surface area contributed by atoms with Crippen LogP contribution in [0, 0.1) is 11.3 Å². The van der Waals surface area contributed by atoms with Gasteiger partial charge in [-0.05, 0) is 43.3 Å². The number of anilines is 1. The molecule has 0 saturated carbocycles. The van der Waals surface area contributed by atoms with Gasteiger partial charge >= 0.3 is 0 Å². The number of benzene rings is 2. The number of rotatable bonds is 5. The first kappa shape index (κ1) is 16.0. The van der Waals surface area contributed by atoms with Gasteiger partial charge in [0, 0.05) is 0 Å². The summed E-state index contributed by atoms with van der Waals surface area (Å²) in [7, 11) is -3.81. The van der Waals surface area contributed by atoms with Crippen molar-refractivity contribution in [3.8, 4) is 6.07 Å². The highest BCUT2D eigenvalue weighted by atomic mass is 32.2. The van der Waals surface area contributed by atoms with E-state index >= 15 is 0 Å². The molecule has 22 heavy (non-hydrogen) atoms. The molecule has 6 heteroatoms. The zero-order valence-electron chi connectivity index (χ0n) is 12.0. The fourth-order valence-corrected chi connectivity index (χ4v) is 3.55. The van der Waals surface area contributed by atoms with Gasteiger partial charge in [0.15, 0.2) is 0 Å². The Balaban J connectivity index is 2.47. The quantitative estimate of drug-likeness (QED) is 0.916. The van der Waals surface area contributed by atoms with Crippen molar-refractivity contribution in [3.63, 3.8) is 0 Å². The molecule has 0 aromatic heterocycles. The number of nitrogens with zero attached hydrogens (tertiary/aromatic N) is 2. The van der Waals surface area contributed by atoms with Crippen LogP contribution in [0.25, 0.3) is 0 Å². The molecule has 0 heterocycles. The summed E-state index contributed by atoms with van der Waals surface area (Å²) in [6, 6.07) is 16.3. The summed E-state index contributed by atoms with van der Waals surface area (Å²) in [5.41, 5.74) is 0.869. The van der Waals surface area contributed by atoms with Gasteiger partial charge in [0.05, 0.1) is 34.9 Å². The summed E-state index contributed by atoms with van der Waals surface area (Å²) >= 11 is 0. The van der Waals surface area contributed by atoms with Crippen LogP contribution in [0.2, 0.25) is 0 Å². The minimum Gasteiger partial charge on any atom is -0.392 e. The highest BCUT2D eigenvalue weighted by molar-refractivity contribution is 7.92. The average molecular weight is 316 g/mol. The molecule has 0 amide bonds. The van der Waals surface area contributed by atoms with Crippen LogP contribution in [-0.4, -0.2) is 26.2 Å². The predicted molar refractivity (Wildman–Crippen MR) is 83.8 cm³/mol. The van der Waals surface area contributed by atoms with Crippen molar-refractivity contribution in [1.82, 2.24) is 0 Å². The number of hydrogen-bond acceptors (Lipinski definition) is 4. The molecule has 0 unspecified atom stereocenters. The molecular formula is C16H16N2O3S. The van der Waals surface area contributed by atoms with Crippen LogP contribution in [0.3, 0.4) is 0 Å². The molecule has 5 nitrogen and oxygen atoms in total. The van der Waals surface area contributed by atoms with Crippen LogP contribution in [0.5, 0.6) is 0 Å². The van der Waals surface area contributed by atoms with Crippen molar-refractivity contribution in [2.45, 2.75) is 17.9 Å². The summed E-state index contributed by atoms with van der Waals surface area (Å²) < 4.78 is 26.8. The lowest BCUT2D eigenvalue weighted by molar-refractivity contribution is 0.204. The van der Waals surface area contributed by atoms with Crippen LogP contribution in [0.15, 0.2) is 59.5 Å². The molecule has 114 valence electrons. The summed E-state index contributed by atoms with van der Waals surface area (Å²) in [6.07, 6.45) is -0.812. The molecule has 0 saturated heterocycles. The van der Waals surface area contributed by atoms with Gasteiger partial charge in [-0.15, -0.1) is 0 Å². The Labute approximate surface area is 130 Å². The van der Waals surface area contributed by atoms with Gasteiger partial charge in [0.1, 0.15) is 0 Å². The zero-order valence-corrected chi connectivity index (χ0v) is 12.9. The van der Waals surface area contributed by atoms with Gasteiger partial charge in [-0.1, -0.05) is 18.2 Å². The second kappa shape index (κ2) is 6.60. The number of para-hydroxylation sites is 1. The van der Waals surface area contributed by atoms with E-state index in [0.717, 1.165) is 0 Å². The number of aliphatic hydroxyl groups is 1. The van der Waals surface area contributed by atoms with Crippen molar-refractivity contribution in [2.75, 3.05) is 10.8 Å². The van der Waals surface area contributed by atoms with Gasteiger partial charge in [-0.25, -0.2) is 8.42 Å². The van der Waals surface area contributed by atoms with E-state index in [1.54, 1.807) is 30.3 Å². The molecule has 2 aromatic carbocycles. The molecule has 0 spiro atoms. The Morgan fingerprint density at radius 3 is 2.23 bits per heavy atom. The Morgan fingerprint density at radius 2 is 1.73 bits per heavy atom. The predicted octanol–water partition coefficient (Wildman–Crippen LogP) is 2.13. The normalized spacial score (nSPS) is 12.4. The fourth-order valence-electron chi connectivity index (χ4n) is 2.01. The van der Waals surface area contributed by atoms with E-state index in [-0.39, 0.29) is 11.4 Å². The van der Waals surface area contributed by atoms with Crippen LogP contribution in [0.4, 0.5) is 5.69 Å². The van der Waals surface area contributed by atoms with E-state index in [4.69, 9.17) is 5.26 Å². The maximum absolute atomic E-state index is 12.8. The smallest absolute Gasteiger partial charge is 0.264 e. The average Bonchev–Trinajstić information content (AvgIpc) is 2.53. The van der Waals surface area contributed by atoms with Gasteiger partial charge in [-0.2, -0.15) is 5.26 Å². The molecule has 0 aliphatic carbocycles. The molecule has 0 aliphatic heterocycles. The number of aliphatic hydroxyl groups excluding tert-OH is 1. The van der Waals surface area contributed by atoms with E-state index in [1.165, 1.54) is 35.5 Å². The Morgan fingerprint density at radius 1 is 1.14 bits per heavy atom. The molecule has 0 aliphatic rings. The monoisotopic (exact) mass is 316 g/mol. The lowest BCUT2D eigenvalue weighted by Crippen LogP contribution is -2.36. The molecule has 0 bridgehead atoms. The van der Waals surface area contributed by atoms with E-state index < -0.39 is 16.1 Å². The maximum atomic E-state index is 12.8. The SMILES string of the molecule is C[C@@H](O)CN(c1ccccc1)S(=O)(=O)c1ccc(C#N)cc1. The first-order valence-corrected chi connectivity index (χ1v) is 8.15. The fraction of sp³-hybridized carbons (Fsp3) is 0.188. The summed E-state index contributed by atoms with van der Waals surface area (Å²) in [4.78, 5) is 0.0796. The molecular weight excluding hydrogens is 300 g/mol. The van der Waals surface area contributed by atoms with Crippen LogP contribution in [0.1, 0.15) is 12.5 Å². The molecule has 2 aromatic rings. The Hall–Kier alpha value is -2.36. The van der Waals surface area contributed by atoms with E-state index in [1.807, 2.05) is 6.07 Å². The molecule has 0 radical (unpaired) electrons. The van der Waals surface area contributed by atoms with Gasteiger partial charge in [0.2, 0.25) is 0 Å². The minimum absolute atomic E-state index is 0.0493. The third-order valence-electron chi connectivity index (χ3n) is 3.05. The van der Waals surface area contributed by atoms with Crippen LogP contribution >= 0.6 is 0 Å². The van der Waals surface area contributed by atoms with E-state index in [9.17, 15) is 13.5 Å². The third-order valence-corrected chi connectivity index (χ3v) is 4.85.